The van der Waals surface area contributed by atoms with Crippen LogP contribution in [0.1, 0.15) is 24.8 Å². The third-order valence-electron chi connectivity index (χ3n) is 4.34. The second-order valence-electron chi connectivity index (χ2n) is 6.15. The number of hydrogen-bond acceptors (Lipinski definition) is 3. The van der Waals surface area contributed by atoms with Gasteiger partial charge in [0.25, 0.3) is 0 Å². The summed E-state index contributed by atoms with van der Waals surface area (Å²) in [5.41, 5.74) is 1.00. The number of likely N-dealkylation sites (N-methyl/N-ethyl adjacent to an activating group) is 1. The molecule has 1 unspecified atom stereocenters. The number of rotatable bonds is 6. The maximum atomic E-state index is 12.9. The highest BCUT2D eigenvalue weighted by molar-refractivity contribution is 5.69. The van der Waals surface area contributed by atoms with E-state index < -0.39 is 5.97 Å². The Bertz CT molecular complexity index is 530. The number of aliphatic carboxylic acids is 1. The van der Waals surface area contributed by atoms with Crippen molar-refractivity contribution in [1.82, 2.24) is 9.80 Å². The first-order valence-electron chi connectivity index (χ1n) is 8.11. The van der Waals surface area contributed by atoms with Gasteiger partial charge in [0.05, 0.1) is 6.54 Å². The topological polar surface area (TPSA) is 43.8 Å². The first-order valence-corrected chi connectivity index (χ1v) is 8.11. The third-order valence-corrected chi connectivity index (χ3v) is 4.34. The molecule has 1 saturated heterocycles. The van der Waals surface area contributed by atoms with E-state index in [1.807, 2.05) is 18.0 Å². The van der Waals surface area contributed by atoms with Crippen LogP contribution in [0.15, 0.2) is 30.3 Å². The van der Waals surface area contributed by atoms with Crippen molar-refractivity contribution in [2.45, 2.75) is 25.3 Å². The number of carboxylic acids is 1. The Morgan fingerprint density at radius 3 is 2.78 bits per heavy atom. The van der Waals surface area contributed by atoms with Crippen LogP contribution in [0.3, 0.4) is 0 Å². The van der Waals surface area contributed by atoms with Crippen LogP contribution in [0.25, 0.3) is 6.08 Å². The molecule has 0 amide bonds. The fraction of sp³-hybridized carbons (Fsp3) is 0.500. The van der Waals surface area contributed by atoms with E-state index in [4.69, 9.17) is 5.11 Å². The molecule has 0 bridgehead atoms. The molecular weight excluding hydrogens is 295 g/mol. The average molecular weight is 320 g/mol. The summed E-state index contributed by atoms with van der Waals surface area (Å²) in [6.07, 6.45) is 7.24. The highest BCUT2D eigenvalue weighted by atomic mass is 19.1. The predicted octanol–water partition coefficient (Wildman–Crippen LogP) is 2.71. The van der Waals surface area contributed by atoms with Gasteiger partial charge < -0.3 is 5.11 Å². The van der Waals surface area contributed by atoms with Gasteiger partial charge in [0.1, 0.15) is 5.82 Å². The molecule has 1 atom stereocenters. The lowest BCUT2D eigenvalue weighted by molar-refractivity contribution is -0.138. The van der Waals surface area contributed by atoms with Gasteiger partial charge in [0.2, 0.25) is 0 Å². The molecule has 5 heteroatoms. The van der Waals surface area contributed by atoms with Crippen molar-refractivity contribution in [3.05, 3.63) is 41.7 Å². The smallest absolute Gasteiger partial charge is 0.317 e. The molecule has 1 N–H and O–H groups in total. The first-order chi connectivity index (χ1) is 11.0. The van der Waals surface area contributed by atoms with Crippen LogP contribution in [-0.4, -0.2) is 60.1 Å². The standard InChI is InChI=1S/C18H25FN2O2/c1-20(14-18(22)23)17-5-3-12-21(13-10-17)11-2-4-15-6-8-16(19)9-7-15/h2,4,6-9,17H,3,5,10-14H2,1H3,(H,22,23). The number of carboxylic acid groups (broad SMARTS) is 1. The summed E-state index contributed by atoms with van der Waals surface area (Å²) in [7, 11) is 1.89. The van der Waals surface area contributed by atoms with Crippen LogP contribution in [-0.2, 0) is 4.79 Å². The number of halogens is 1. The van der Waals surface area contributed by atoms with E-state index in [1.165, 1.54) is 12.1 Å². The normalized spacial score (nSPS) is 20.0. The van der Waals surface area contributed by atoms with E-state index in [0.29, 0.717) is 6.04 Å². The maximum absolute atomic E-state index is 12.9. The van der Waals surface area contributed by atoms with E-state index in [2.05, 4.69) is 11.0 Å². The summed E-state index contributed by atoms with van der Waals surface area (Å²) >= 11 is 0. The third kappa shape index (κ3) is 6.12. The zero-order valence-electron chi connectivity index (χ0n) is 13.6. The zero-order valence-corrected chi connectivity index (χ0v) is 13.6. The van der Waals surface area contributed by atoms with E-state index in [9.17, 15) is 9.18 Å². The Morgan fingerprint density at radius 2 is 2.09 bits per heavy atom. The van der Waals surface area contributed by atoms with Crippen molar-refractivity contribution in [3.63, 3.8) is 0 Å². The Labute approximate surface area is 137 Å². The average Bonchev–Trinajstić information content (AvgIpc) is 2.74. The molecule has 0 aromatic heterocycles. The Kier molecular flexibility index (Phi) is 6.74. The van der Waals surface area contributed by atoms with Crippen molar-refractivity contribution in [1.29, 1.82) is 0 Å². The van der Waals surface area contributed by atoms with Crippen molar-refractivity contribution in [2.75, 3.05) is 33.2 Å². The molecule has 1 aliphatic heterocycles. The summed E-state index contributed by atoms with van der Waals surface area (Å²) in [4.78, 5) is 15.1. The second kappa shape index (κ2) is 8.79. The van der Waals surface area contributed by atoms with Gasteiger partial charge >= 0.3 is 5.97 Å². The van der Waals surface area contributed by atoms with Gasteiger partial charge in [-0.2, -0.15) is 0 Å². The monoisotopic (exact) mass is 320 g/mol. The molecule has 1 aliphatic rings. The molecule has 0 saturated carbocycles. The van der Waals surface area contributed by atoms with E-state index >= 15 is 0 Å². The van der Waals surface area contributed by atoms with Crippen LogP contribution in [0.4, 0.5) is 4.39 Å². The van der Waals surface area contributed by atoms with Gasteiger partial charge in [-0.3, -0.25) is 14.6 Å². The lowest BCUT2D eigenvalue weighted by Crippen LogP contribution is -2.36. The molecule has 4 nitrogen and oxygen atoms in total. The number of nitrogens with zero attached hydrogens (tertiary/aromatic N) is 2. The molecule has 1 fully saturated rings. The molecule has 23 heavy (non-hydrogen) atoms. The van der Waals surface area contributed by atoms with Gasteiger partial charge in [0.15, 0.2) is 0 Å². The summed E-state index contributed by atoms with van der Waals surface area (Å²) < 4.78 is 12.9. The van der Waals surface area contributed by atoms with Crippen LogP contribution in [0.2, 0.25) is 0 Å². The van der Waals surface area contributed by atoms with Crippen molar-refractivity contribution < 1.29 is 14.3 Å². The lowest BCUT2D eigenvalue weighted by Gasteiger charge is -2.25. The fourth-order valence-electron chi connectivity index (χ4n) is 3.02. The summed E-state index contributed by atoms with van der Waals surface area (Å²) in [5.74, 6) is -0.984. The van der Waals surface area contributed by atoms with E-state index in [1.54, 1.807) is 12.1 Å². The second-order valence-corrected chi connectivity index (χ2v) is 6.15. The minimum absolute atomic E-state index is 0.106. The van der Waals surface area contributed by atoms with Gasteiger partial charge in [-0.25, -0.2) is 4.39 Å². The zero-order chi connectivity index (χ0) is 16.7. The van der Waals surface area contributed by atoms with Gasteiger partial charge in [-0.1, -0.05) is 24.3 Å². The molecule has 2 rings (SSSR count). The van der Waals surface area contributed by atoms with Crippen molar-refractivity contribution >= 4 is 12.0 Å². The molecular formula is C18H25FN2O2. The van der Waals surface area contributed by atoms with Gasteiger partial charge in [-0.15, -0.1) is 0 Å². The van der Waals surface area contributed by atoms with E-state index in [0.717, 1.165) is 44.5 Å². The molecule has 0 aliphatic carbocycles. The minimum atomic E-state index is -0.768. The first kappa shape index (κ1) is 17.6. The highest BCUT2D eigenvalue weighted by Crippen LogP contribution is 2.16. The Hall–Kier alpha value is -1.72. The fourth-order valence-corrected chi connectivity index (χ4v) is 3.02. The molecule has 126 valence electrons. The summed E-state index contributed by atoms with van der Waals surface area (Å²) in [6, 6.07) is 6.82. The van der Waals surface area contributed by atoms with Crippen LogP contribution in [0, 0.1) is 5.82 Å². The summed E-state index contributed by atoms with van der Waals surface area (Å²) in [6.45, 7) is 2.98. The summed E-state index contributed by atoms with van der Waals surface area (Å²) in [5, 5.41) is 8.89. The van der Waals surface area contributed by atoms with Crippen LogP contribution in [0.5, 0.6) is 0 Å². The molecule has 1 aromatic carbocycles. The van der Waals surface area contributed by atoms with Gasteiger partial charge in [-0.05, 0) is 57.1 Å². The molecule has 0 spiro atoms. The number of carbonyl (C=O) groups is 1. The SMILES string of the molecule is CN(CC(=O)O)C1CCCN(CC=Cc2ccc(F)cc2)CC1. The minimum Gasteiger partial charge on any atom is -0.480 e. The quantitative estimate of drug-likeness (QED) is 0.875. The molecule has 0 radical (unpaired) electrons. The Balaban J connectivity index is 1.79. The number of likely N-dealkylation sites (tertiary alicyclic amines) is 1. The predicted molar refractivity (Wildman–Crippen MR) is 89.8 cm³/mol. The van der Waals surface area contributed by atoms with Crippen molar-refractivity contribution in [3.8, 4) is 0 Å². The van der Waals surface area contributed by atoms with Crippen molar-refractivity contribution in [2.24, 2.45) is 0 Å². The maximum Gasteiger partial charge on any atom is 0.317 e. The van der Waals surface area contributed by atoms with Crippen LogP contribution >= 0.6 is 0 Å². The number of hydrogen-bond donors (Lipinski definition) is 1. The number of benzene rings is 1. The van der Waals surface area contributed by atoms with Crippen LogP contribution < -0.4 is 0 Å². The molecule has 1 heterocycles. The lowest BCUT2D eigenvalue weighted by atomic mass is 10.1. The largest absolute Gasteiger partial charge is 0.480 e. The highest BCUT2D eigenvalue weighted by Gasteiger charge is 2.21. The molecule has 1 aromatic rings. The van der Waals surface area contributed by atoms with E-state index in [-0.39, 0.29) is 12.4 Å². The Morgan fingerprint density at radius 1 is 1.35 bits per heavy atom. The van der Waals surface area contributed by atoms with Gasteiger partial charge in [0, 0.05) is 12.6 Å².